The van der Waals surface area contributed by atoms with Crippen LogP contribution in [0.25, 0.3) is 6.08 Å². The zero-order valence-corrected chi connectivity index (χ0v) is 16.9. The summed E-state index contributed by atoms with van der Waals surface area (Å²) in [6, 6.07) is 3.77. The van der Waals surface area contributed by atoms with Crippen LogP contribution in [-0.4, -0.2) is 35.8 Å². The van der Waals surface area contributed by atoms with Crippen molar-refractivity contribution in [3.63, 3.8) is 0 Å². The molecule has 7 heteroatoms. The molecule has 0 bridgehead atoms. The highest BCUT2D eigenvalue weighted by atomic mass is 127. The Kier molecular flexibility index (Phi) is 6.97. The summed E-state index contributed by atoms with van der Waals surface area (Å²) in [5.74, 6) is 1.13. The SMILES string of the molecule is CCCOc1c(I)cc(/C=C2\SC(=O)N(CC)C2=O)cc1OCC. The summed E-state index contributed by atoms with van der Waals surface area (Å²) in [5, 5.41) is -0.226. The van der Waals surface area contributed by atoms with Crippen molar-refractivity contribution in [2.75, 3.05) is 19.8 Å². The van der Waals surface area contributed by atoms with Gasteiger partial charge in [0.05, 0.1) is 21.7 Å². The average molecular weight is 461 g/mol. The molecule has 1 saturated heterocycles. The highest BCUT2D eigenvalue weighted by molar-refractivity contribution is 14.1. The zero-order valence-electron chi connectivity index (χ0n) is 13.9. The van der Waals surface area contributed by atoms with Crippen LogP contribution in [0.4, 0.5) is 4.79 Å². The summed E-state index contributed by atoms with van der Waals surface area (Å²) in [5.41, 5.74) is 0.813. The van der Waals surface area contributed by atoms with E-state index in [-0.39, 0.29) is 11.1 Å². The van der Waals surface area contributed by atoms with Gasteiger partial charge in [-0.2, -0.15) is 0 Å². The van der Waals surface area contributed by atoms with Gasteiger partial charge in [-0.1, -0.05) is 6.92 Å². The summed E-state index contributed by atoms with van der Waals surface area (Å²) in [6.07, 6.45) is 2.64. The van der Waals surface area contributed by atoms with Gasteiger partial charge in [0.2, 0.25) is 0 Å². The van der Waals surface area contributed by atoms with Crippen LogP contribution in [0.15, 0.2) is 17.0 Å². The molecule has 24 heavy (non-hydrogen) atoms. The van der Waals surface area contributed by atoms with Gasteiger partial charge in [-0.05, 0) is 78.4 Å². The fraction of sp³-hybridized carbons (Fsp3) is 0.412. The first kappa shape index (κ1) is 19.1. The second-order valence-electron chi connectivity index (χ2n) is 5.04. The van der Waals surface area contributed by atoms with E-state index in [1.807, 2.05) is 26.0 Å². The Hall–Kier alpha value is -1.22. The lowest BCUT2D eigenvalue weighted by Crippen LogP contribution is -2.27. The standard InChI is InChI=1S/C17H20INO4S/c1-4-7-23-15-12(18)8-11(9-13(15)22-6-3)10-14-16(20)19(5-2)17(21)24-14/h8-10H,4-7H2,1-3H3/b14-10-. The fourth-order valence-corrected chi connectivity index (χ4v) is 3.89. The number of thioether (sulfide) groups is 1. The molecule has 0 spiro atoms. The maximum atomic E-state index is 12.2. The normalized spacial score (nSPS) is 16.2. The monoisotopic (exact) mass is 461 g/mol. The number of carbonyl (C=O) groups is 2. The first-order valence-electron chi connectivity index (χ1n) is 7.86. The Balaban J connectivity index is 2.36. The summed E-state index contributed by atoms with van der Waals surface area (Å²) in [7, 11) is 0. The third-order valence-corrected chi connectivity index (χ3v) is 4.98. The predicted octanol–water partition coefficient (Wildman–Crippen LogP) is 4.53. The minimum atomic E-state index is -0.244. The van der Waals surface area contributed by atoms with Crippen LogP contribution in [0.2, 0.25) is 0 Å². The van der Waals surface area contributed by atoms with Crippen molar-refractivity contribution in [1.82, 2.24) is 4.90 Å². The van der Waals surface area contributed by atoms with E-state index in [1.54, 1.807) is 13.0 Å². The molecule has 1 aromatic carbocycles. The van der Waals surface area contributed by atoms with Gasteiger partial charge in [-0.15, -0.1) is 0 Å². The van der Waals surface area contributed by atoms with E-state index < -0.39 is 0 Å². The summed E-state index contributed by atoms with van der Waals surface area (Å²) >= 11 is 3.16. The number of rotatable bonds is 7. The topological polar surface area (TPSA) is 55.8 Å². The van der Waals surface area contributed by atoms with Crippen molar-refractivity contribution in [3.8, 4) is 11.5 Å². The van der Waals surface area contributed by atoms with Crippen LogP contribution in [0.1, 0.15) is 32.8 Å². The molecular formula is C17H20INO4S. The number of carbonyl (C=O) groups excluding carboxylic acids is 2. The lowest BCUT2D eigenvalue weighted by molar-refractivity contribution is -0.122. The lowest BCUT2D eigenvalue weighted by Gasteiger charge is -2.14. The number of hydrogen-bond acceptors (Lipinski definition) is 5. The maximum Gasteiger partial charge on any atom is 0.293 e. The van der Waals surface area contributed by atoms with Gasteiger partial charge in [0.1, 0.15) is 0 Å². The Labute approximate surface area is 159 Å². The van der Waals surface area contributed by atoms with Gasteiger partial charge < -0.3 is 9.47 Å². The first-order valence-corrected chi connectivity index (χ1v) is 9.75. The quantitative estimate of drug-likeness (QED) is 0.441. The Morgan fingerprint density at radius 3 is 2.54 bits per heavy atom. The second kappa shape index (κ2) is 8.75. The molecule has 2 amide bonds. The van der Waals surface area contributed by atoms with Gasteiger partial charge in [-0.3, -0.25) is 14.5 Å². The summed E-state index contributed by atoms with van der Waals surface area (Å²) in [4.78, 5) is 25.7. The van der Waals surface area contributed by atoms with Crippen LogP contribution < -0.4 is 9.47 Å². The highest BCUT2D eigenvalue weighted by Crippen LogP contribution is 2.37. The highest BCUT2D eigenvalue weighted by Gasteiger charge is 2.33. The number of hydrogen-bond donors (Lipinski definition) is 0. The van der Waals surface area contributed by atoms with Gasteiger partial charge in [0, 0.05) is 6.54 Å². The summed E-state index contributed by atoms with van der Waals surface area (Å²) < 4.78 is 12.4. The molecule has 5 nitrogen and oxygen atoms in total. The van der Waals surface area contributed by atoms with Gasteiger partial charge in [0.25, 0.3) is 11.1 Å². The van der Waals surface area contributed by atoms with Crippen LogP contribution in [0.3, 0.4) is 0 Å². The van der Waals surface area contributed by atoms with Gasteiger partial charge in [0.15, 0.2) is 11.5 Å². The number of amides is 2. The number of benzene rings is 1. The molecule has 0 unspecified atom stereocenters. The van der Waals surface area contributed by atoms with Crippen molar-refractivity contribution in [1.29, 1.82) is 0 Å². The second-order valence-corrected chi connectivity index (χ2v) is 7.19. The lowest BCUT2D eigenvalue weighted by atomic mass is 10.2. The Bertz CT molecular complexity index is 675. The van der Waals surface area contributed by atoms with Crippen molar-refractivity contribution >= 4 is 51.6 Å². The molecule has 1 aliphatic rings. The number of likely N-dealkylation sites (N-methyl/N-ethyl adjacent to an activating group) is 1. The molecule has 0 aromatic heterocycles. The fourth-order valence-electron chi connectivity index (χ4n) is 2.20. The third-order valence-electron chi connectivity index (χ3n) is 3.27. The van der Waals surface area contributed by atoms with Gasteiger partial charge >= 0.3 is 0 Å². The molecule has 130 valence electrons. The average Bonchev–Trinajstić information content (AvgIpc) is 2.80. The van der Waals surface area contributed by atoms with Crippen LogP contribution in [-0.2, 0) is 4.79 Å². The predicted molar refractivity (Wildman–Crippen MR) is 104 cm³/mol. The number of halogens is 1. The van der Waals surface area contributed by atoms with Gasteiger partial charge in [-0.25, -0.2) is 0 Å². The van der Waals surface area contributed by atoms with E-state index >= 15 is 0 Å². The minimum Gasteiger partial charge on any atom is -0.490 e. The molecule has 1 aliphatic heterocycles. The largest absolute Gasteiger partial charge is 0.490 e. The van der Waals surface area contributed by atoms with Crippen LogP contribution in [0, 0.1) is 3.57 Å². The maximum absolute atomic E-state index is 12.2. The molecular weight excluding hydrogens is 441 g/mol. The number of nitrogens with zero attached hydrogens (tertiary/aromatic N) is 1. The van der Waals surface area contributed by atoms with E-state index in [2.05, 4.69) is 22.6 Å². The van der Waals surface area contributed by atoms with Crippen molar-refractivity contribution in [3.05, 3.63) is 26.2 Å². The van der Waals surface area contributed by atoms with Crippen LogP contribution in [0.5, 0.6) is 11.5 Å². The molecule has 0 radical (unpaired) electrons. The van der Waals surface area contributed by atoms with E-state index in [1.165, 1.54) is 4.90 Å². The molecule has 2 rings (SSSR count). The molecule has 1 fully saturated rings. The van der Waals surface area contributed by atoms with Crippen molar-refractivity contribution in [2.24, 2.45) is 0 Å². The Morgan fingerprint density at radius 1 is 1.21 bits per heavy atom. The minimum absolute atomic E-state index is 0.226. The van der Waals surface area contributed by atoms with Crippen molar-refractivity contribution in [2.45, 2.75) is 27.2 Å². The molecule has 0 saturated carbocycles. The third kappa shape index (κ3) is 4.24. The molecule has 1 aromatic rings. The molecule has 0 atom stereocenters. The summed E-state index contributed by atoms with van der Waals surface area (Å²) in [6.45, 7) is 7.27. The van der Waals surface area contributed by atoms with E-state index in [9.17, 15) is 9.59 Å². The Morgan fingerprint density at radius 2 is 1.96 bits per heavy atom. The first-order chi connectivity index (χ1) is 11.5. The smallest absolute Gasteiger partial charge is 0.293 e. The van der Waals surface area contributed by atoms with Crippen molar-refractivity contribution < 1.29 is 19.1 Å². The zero-order chi connectivity index (χ0) is 17.7. The van der Waals surface area contributed by atoms with E-state index in [4.69, 9.17) is 9.47 Å². The van der Waals surface area contributed by atoms with E-state index in [0.29, 0.717) is 30.4 Å². The molecule has 0 N–H and O–H groups in total. The van der Waals surface area contributed by atoms with E-state index in [0.717, 1.165) is 33.1 Å². The number of imide groups is 1. The number of ether oxygens (including phenoxy) is 2. The molecule has 0 aliphatic carbocycles. The molecule has 1 heterocycles. The van der Waals surface area contributed by atoms with Crippen LogP contribution >= 0.6 is 34.4 Å².